The molecule has 5 nitrogen and oxygen atoms in total. The summed E-state index contributed by atoms with van der Waals surface area (Å²) in [5.74, 6) is 2.44. The second-order valence-corrected chi connectivity index (χ2v) is 7.53. The second kappa shape index (κ2) is 7.24. The van der Waals surface area contributed by atoms with Gasteiger partial charge in [0.15, 0.2) is 0 Å². The minimum atomic E-state index is -3.49. The van der Waals surface area contributed by atoms with E-state index in [1.165, 1.54) is 13.1 Å². The molecule has 2 N–H and O–H groups in total. The summed E-state index contributed by atoms with van der Waals surface area (Å²) in [6.07, 6.45) is 0. The van der Waals surface area contributed by atoms with Crippen LogP contribution in [0.5, 0.6) is 0 Å². The third kappa shape index (κ3) is 4.61. The van der Waals surface area contributed by atoms with Gasteiger partial charge in [0.1, 0.15) is 5.76 Å². The Hall–Kier alpha value is -0.850. The van der Waals surface area contributed by atoms with Crippen molar-refractivity contribution in [2.75, 3.05) is 13.6 Å². The summed E-state index contributed by atoms with van der Waals surface area (Å²) < 4.78 is 30.7. The summed E-state index contributed by atoms with van der Waals surface area (Å²) in [5.41, 5.74) is 0. The van der Waals surface area contributed by atoms with E-state index < -0.39 is 10.0 Å². The van der Waals surface area contributed by atoms with Crippen LogP contribution in [0.15, 0.2) is 21.6 Å². The van der Waals surface area contributed by atoms with Crippen molar-refractivity contribution in [3.05, 3.63) is 17.9 Å². The highest BCUT2D eigenvalue weighted by atomic mass is 32.2. The molecule has 0 aromatic carbocycles. The molecule has 0 bridgehead atoms. The van der Waals surface area contributed by atoms with Gasteiger partial charge in [0.05, 0.1) is 6.54 Å². The molecule has 1 rings (SSSR count). The zero-order chi connectivity index (χ0) is 15.3. The van der Waals surface area contributed by atoms with Crippen LogP contribution in [0.4, 0.5) is 0 Å². The van der Waals surface area contributed by atoms with Crippen LogP contribution < -0.4 is 10.0 Å². The van der Waals surface area contributed by atoms with E-state index in [1.54, 1.807) is 6.07 Å². The Morgan fingerprint density at radius 2 is 1.75 bits per heavy atom. The van der Waals surface area contributed by atoms with Gasteiger partial charge >= 0.3 is 0 Å². The van der Waals surface area contributed by atoms with Crippen LogP contribution >= 0.6 is 0 Å². The molecule has 0 unspecified atom stereocenters. The summed E-state index contributed by atoms with van der Waals surface area (Å²) in [7, 11) is -2.12. The van der Waals surface area contributed by atoms with Gasteiger partial charge in [-0.3, -0.25) is 0 Å². The Kier molecular flexibility index (Phi) is 6.23. The van der Waals surface area contributed by atoms with Crippen molar-refractivity contribution in [3.8, 4) is 0 Å². The quantitative estimate of drug-likeness (QED) is 0.772. The van der Waals surface area contributed by atoms with Crippen LogP contribution in [0.25, 0.3) is 0 Å². The van der Waals surface area contributed by atoms with Gasteiger partial charge in [0, 0.05) is 0 Å². The van der Waals surface area contributed by atoms with Crippen LogP contribution in [0.3, 0.4) is 0 Å². The van der Waals surface area contributed by atoms with Gasteiger partial charge in [-0.1, -0.05) is 27.7 Å². The minimum absolute atomic E-state index is 0.0407. The lowest BCUT2D eigenvalue weighted by molar-refractivity contribution is 0.271. The van der Waals surface area contributed by atoms with E-state index in [1.807, 2.05) is 0 Å². The molecule has 0 aliphatic heterocycles. The topological polar surface area (TPSA) is 71.3 Å². The maximum absolute atomic E-state index is 11.5. The molecule has 1 heterocycles. The SMILES string of the molecule is CNS(=O)(=O)c1ccc(CNCC(C(C)C)C(C)C)o1. The van der Waals surface area contributed by atoms with Crippen molar-refractivity contribution in [2.45, 2.75) is 39.3 Å². The molecule has 0 fully saturated rings. The zero-order valence-electron chi connectivity index (χ0n) is 12.9. The molecule has 0 aliphatic carbocycles. The Labute approximate surface area is 122 Å². The fourth-order valence-corrected chi connectivity index (χ4v) is 2.97. The number of sulfonamides is 1. The standard InChI is InChI=1S/C14H26N2O3S/c1-10(2)13(11(3)4)9-16-8-12-6-7-14(19-12)20(17,18)15-5/h6-7,10-11,13,15-16H,8-9H2,1-5H3. The number of rotatable bonds is 8. The predicted molar refractivity (Wildman–Crippen MR) is 79.8 cm³/mol. The van der Waals surface area contributed by atoms with Crippen LogP contribution in [0.1, 0.15) is 33.5 Å². The summed E-state index contributed by atoms with van der Waals surface area (Å²) in [5, 5.41) is 3.30. The highest BCUT2D eigenvalue weighted by Crippen LogP contribution is 2.20. The lowest BCUT2D eigenvalue weighted by Crippen LogP contribution is -2.29. The molecular weight excluding hydrogens is 276 g/mol. The summed E-state index contributed by atoms with van der Waals surface area (Å²) in [6, 6.07) is 3.17. The molecule has 0 radical (unpaired) electrons. The van der Waals surface area contributed by atoms with E-state index in [2.05, 4.69) is 37.7 Å². The van der Waals surface area contributed by atoms with E-state index in [4.69, 9.17) is 4.42 Å². The van der Waals surface area contributed by atoms with Gasteiger partial charge in [0.2, 0.25) is 5.09 Å². The monoisotopic (exact) mass is 302 g/mol. The molecule has 0 spiro atoms. The van der Waals surface area contributed by atoms with Crippen molar-refractivity contribution in [1.29, 1.82) is 0 Å². The Morgan fingerprint density at radius 3 is 2.25 bits per heavy atom. The number of hydrogen-bond donors (Lipinski definition) is 2. The van der Waals surface area contributed by atoms with Gasteiger partial charge in [-0.2, -0.15) is 0 Å². The smallest absolute Gasteiger partial charge is 0.273 e. The van der Waals surface area contributed by atoms with Gasteiger partial charge < -0.3 is 9.73 Å². The number of nitrogens with one attached hydrogen (secondary N) is 2. The maximum Gasteiger partial charge on any atom is 0.273 e. The van der Waals surface area contributed by atoms with E-state index in [0.717, 1.165) is 6.54 Å². The van der Waals surface area contributed by atoms with Crippen LogP contribution in [-0.2, 0) is 16.6 Å². The minimum Gasteiger partial charge on any atom is -0.447 e. The molecule has 0 atom stereocenters. The zero-order valence-corrected chi connectivity index (χ0v) is 13.8. The first-order chi connectivity index (χ1) is 9.27. The Balaban J connectivity index is 2.55. The molecule has 0 amide bonds. The lowest BCUT2D eigenvalue weighted by atomic mass is 9.85. The first-order valence-electron chi connectivity index (χ1n) is 7.01. The molecule has 116 valence electrons. The molecule has 6 heteroatoms. The van der Waals surface area contributed by atoms with Gasteiger partial charge in [-0.15, -0.1) is 0 Å². The highest BCUT2D eigenvalue weighted by molar-refractivity contribution is 7.89. The number of furan rings is 1. The number of hydrogen-bond acceptors (Lipinski definition) is 4. The van der Waals surface area contributed by atoms with Gasteiger partial charge in [-0.05, 0) is 43.5 Å². The third-order valence-electron chi connectivity index (χ3n) is 3.56. The Bertz CT molecular complexity index is 498. The van der Waals surface area contributed by atoms with Crippen LogP contribution in [0.2, 0.25) is 0 Å². The summed E-state index contributed by atoms with van der Waals surface area (Å²) in [6.45, 7) is 10.3. The van der Waals surface area contributed by atoms with E-state index in [9.17, 15) is 8.42 Å². The first kappa shape index (κ1) is 17.2. The molecule has 0 saturated carbocycles. The molecule has 0 saturated heterocycles. The normalized spacial score (nSPS) is 12.8. The summed E-state index contributed by atoms with van der Waals surface area (Å²) >= 11 is 0. The molecular formula is C14H26N2O3S. The van der Waals surface area contributed by atoms with Crippen LogP contribution in [0, 0.1) is 17.8 Å². The average Bonchev–Trinajstić information content (AvgIpc) is 2.83. The van der Waals surface area contributed by atoms with Crippen molar-refractivity contribution in [3.63, 3.8) is 0 Å². The molecule has 1 aromatic rings. The second-order valence-electron chi connectivity index (χ2n) is 5.71. The predicted octanol–water partition coefficient (Wildman–Crippen LogP) is 2.21. The average molecular weight is 302 g/mol. The maximum atomic E-state index is 11.5. The highest BCUT2D eigenvalue weighted by Gasteiger charge is 2.18. The lowest BCUT2D eigenvalue weighted by Gasteiger charge is -2.24. The fraction of sp³-hybridized carbons (Fsp3) is 0.714. The van der Waals surface area contributed by atoms with E-state index in [-0.39, 0.29) is 5.09 Å². The molecule has 0 aliphatic rings. The van der Waals surface area contributed by atoms with Gasteiger partial charge in [0.25, 0.3) is 10.0 Å². The van der Waals surface area contributed by atoms with Gasteiger partial charge in [-0.25, -0.2) is 13.1 Å². The van der Waals surface area contributed by atoms with Crippen molar-refractivity contribution in [1.82, 2.24) is 10.0 Å². The fourth-order valence-electron chi connectivity index (χ4n) is 2.30. The first-order valence-corrected chi connectivity index (χ1v) is 8.49. The van der Waals surface area contributed by atoms with Crippen molar-refractivity contribution < 1.29 is 12.8 Å². The molecule has 20 heavy (non-hydrogen) atoms. The van der Waals surface area contributed by atoms with Crippen LogP contribution in [-0.4, -0.2) is 22.0 Å². The Morgan fingerprint density at radius 1 is 1.15 bits per heavy atom. The third-order valence-corrected chi connectivity index (χ3v) is 4.85. The molecule has 1 aromatic heterocycles. The van der Waals surface area contributed by atoms with Crippen molar-refractivity contribution in [2.24, 2.45) is 17.8 Å². The largest absolute Gasteiger partial charge is 0.447 e. The van der Waals surface area contributed by atoms with E-state index in [0.29, 0.717) is 30.1 Å². The summed E-state index contributed by atoms with van der Waals surface area (Å²) in [4.78, 5) is 0. The van der Waals surface area contributed by atoms with E-state index >= 15 is 0 Å². The van der Waals surface area contributed by atoms with Crippen molar-refractivity contribution >= 4 is 10.0 Å².